The van der Waals surface area contributed by atoms with Gasteiger partial charge in [-0.1, -0.05) is 24.3 Å². The molecule has 5 nitrogen and oxygen atoms in total. The molecule has 5 rings (SSSR count). The Morgan fingerprint density at radius 2 is 2.03 bits per heavy atom. The number of hydrogen-bond acceptors (Lipinski definition) is 5. The first kappa shape index (κ1) is 20.8. The van der Waals surface area contributed by atoms with Crippen LogP contribution in [-0.4, -0.2) is 33.9 Å². The number of ether oxygens (including phenoxy) is 1. The van der Waals surface area contributed by atoms with Gasteiger partial charge in [0.05, 0.1) is 28.6 Å². The van der Waals surface area contributed by atoms with E-state index in [-0.39, 0.29) is 11.8 Å². The van der Waals surface area contributed by atoms with Gasteiger partial charge in [0, 0.05) is 35.5 Å². The lowest BCUT2D eigenvalue weighted by atomic mass is 10.0. The van der Waals surface area contributed by atoms with Gasteiger partial charge in [-0.3, -0.25) is 0 Å². The van der Waals surface area contributed by atoms with Crippen molar-refractivity contribution in [1.29, 1.82) is 0 Å². The normalized spacial score (nSPS) is 15.8. The lowest BCUT2D eigenvalue weighted by molar-refractivity contribution is -0.0507. The second kappa shape index (κ2) is 8.48. The van der Waals surface area contributed by atoms with Crippen molar-refractivity contribution < 1.29 is 17.9 Å². The van der Waals surface area contributed by atoms with Crippen LogP contribution in [0.2, 0.25) is 0 Å². The van der Waals surface area contributed by atoms with Crippen LogP contribution < -0.4 is 10.1 Å². The fraction of sp³-hybridized carbons (Fsp3) is 0.217. The van der Waals surface area contributed by atoms with E-state index in [9.17, 15) is 13.2 Å². The summed E-state index contributed by atoms with van der Waals surface area (Å²) in [5, 5.41) is 4.12. The first-order valence-electron chi connectivity index (χ1n) is 10.0. The van der Waals surface area contributed by atoms with E-state index in [0.717, 1.165) is 10.5 Å². The number of nitrogens with one attached hydrogen (secondary N) is 1. The van der Waals surface area contributed by atoms with E-state index in [1.165, 1.54) is 23.9 Å². The Bertz CT molecular complexity index is 1280. The van der Waals surface area contributed by atoms with Crippen LogP contribution in [0.25, 0.3) is 22.2 Å². The number of para-hydroxylation sites is 1. The number of alkyl halides is 2. The number of nitrogens with zero attached hydrogens (tertiary/aromatic N) is 3. The highest BCUT2D eigenvalue weighted by Crippen LogP contribution is 2.36. The third-order valence-corrected chi connectivity index (χ3v) is 6.19. The molecule has 0 bridgehead atoms. The van der Waals surface area contributed by atoms with E-state index < -0.39 is 12.4 Å². The van der Waals surface area contributed by atoms with Crippen molar-refractivity contribution >= 4 is 22.8 Å². The average molecular weight is 456 g/mol. The van der Waals surface area contributed by atoms with Gasteiger partial charge in [0.1, 0.15) is 17.4 Å². The lowest BCUT2D eigenvalue weighted by Crippen LogP contribution is -2.34. The summed E-state index contributed by atoms with van der Waals surface area (Å²) in [6.45, 7) is -1.94. The average Bonchev–Trinajstić information content (AvgIpc) is 3.16. The number of aromatic nitrogens is 3. The van der Waals surface area contributed by atoms with E-state index in [2.05, 4.69) is 15.3 Å². The number of thioether (sulfide) groups is 1. The molecule has 9 heteroatoms. The molecule has 0 saturated heterocycles. The summed E-state index contributed by atoms with van der Waals surface area (Å²) in [6.07, 6.45) is 3.57. The smallest absolute Gasteiger partial charge is 0.387 e. The molecule has 0 spiro atoms. The SMILES string of the molecule is CSc1ccc(-c2cc3c(cc2F)nc2n3C(c3ccccc3OC(F)F)CNC2)cn1. The monoisotopic (exact) mass is 456 g/mol. The predicted octanol–water partition coefficient (Wildman–Crippen LogP) is 5.25. The molecule has 2 aromatic carbocycles. The zero-order valence-electron chi connectivity index (χ0n) is 17.1. The van der Waals surface area contributed by atoms with Crippen molar-refractivity contribution in [3.63, 3.8) is 0 Å². The van der Waals surface area contributed by atoms with Crippen LogP contribution in [0, 0.1) is 5.82 Å². The van der Waals surface area contributed by atoms with Crippen LogP contribution in [0.4, 0.5) is 13.2 Å². The Hall–Kier alpha value is -3.04. The maximum absolute atomic E-state index is 15.0. The zero-order chi connectivity index (χ0) is 22.2. The Morgan fingerprint density at radius 3 is 2.78 bits per heavy atom. The van der Waals surface area contributed by atoms with Gasteiger partial charge in [-0.2, -0.15) is 8.78 Å². The number of hydrogen-bond donors (Lipinski definition) is 1. The molecule has 3 heterocycles. The second-order valence-corrected chi connectivity index (χ2v) is 8.20. The summed E-state index contributed by atoms with van der Waals surface area (Å²) in [7, 11) is 0. The highest BCUT2D eigenvalue weighted by atomic mass is 32.2. The Kier molecular flexibility index (Phi) is 5.52. The van der Waals surface area contributed by atoms with Crippen LogP contribution in [0.1, 0.15) is 17.4 Å². The molecule has 164 valence electrons. The first-order valence-corrected chi connectivity index (χ1v) is 11.2. The van der Waals surface area contributed by atoms with Crippen molar-refractivity contribution in [3.05, 3.63) is 71.9 Å². The van der Waals surface area contributed by atoms with Crippen molar-refractivity contribution in [1.82, 2.24) is 19.9 Å². The maximum Gasteiger partial charge on any atom is 0.387 e. The third kappa shape index (κ3) is 3.71. The number of fused-ring (bicyclic) bond motifs is 3. The molecule has 1 atom stereocenters. The van der Waals surface area contributed by atoms with Gasteiger partial charge in [0.25, 0.3) is 0 Å². The van der Waals surface area contributed by atoms with Gasteiger partial charge < -0.3 is 14.6 Å². The molecule has 2 aromatic heterocycles. The largest absolute Gasteiger partial charge is 0.434 e. The zero-order valence-corrected chi connectivity index (χ0v) is 17.9. The van der Waals surface area contributed by atoms with E-state index in [0.29, 0.717) is 41.1 Å². The molecule has 1 unspecified atom stereocenters. The van der Waals surface area contributed by atoms with Crippen molar-refractivity contribution in [3.8, 4) is 16.9 Å². The van der Waals surface area contributed by atoms with E-state index in [4.69, 9.17) is 4.74 Å². The van der Waals surface area contributed by atoms with Gasteiger partial charge >= 0.3 is 6.61 Å². The van der Waals surface area contributed by atoms with Crippen molar-refractivity contribution in [2.45, 2.75) is 24.2 Å². The Labute approximate surface area is 186 Å². The highest BCUT2D eigenvalue weighted by molar-refractivity contribution is 7.98. The fourth-order valence-electron chi connectivity index (χ4n) is 4.14. The van der Waals surface area contributed by atoms with Gasteiger partial charge in [0.15, 0.2) is 0 Å². The quantitative estimate of drug-likeness (QED) is 0.416. The van der Waals surface area contributed by atoms with Gasteiger partial charge in [-0.05, 0) is 24.5 Å². The Morgan fingerprint density at radius 1 is 1.19 bits per heavy atom. The summed E-state index contributed by atoms with van der Waals surface area (Å²) >= 11 is 1.51. The van der Waals surface area contributed by atoms with Crippen LogP contribution in [0.3, 0.4) is 0 Å². The molecule has 0 amide bonds. The molecule has 1 aliphatic heterocycles. The van der Waals surface area contributed by atoms with E-state index in [1.54, 1.807) is 30.5 Å². The maximum atomic E-state index is 15.0. The van der Waals surface area contributed by atoms with Crippen LogP contribution in [0.5, 0.6) is 5.75 Å². The molecule has 4 aromatic rings. The topological polar surface area (TPSA) is 52.0 Å². The van der Waals surface area contributed by atoms with E-state index >= 15 is 0 Å². The fourth-order valence-corrected chi connectivity index (χ4v) is 4.50. The summed E-state index contributed by atoms with van der Waals surface area (Å²) in [6, 6.07) is 13.2. The van der Waals surface area contributed by atoms with Crippen LogP contribution >= 0.6 is 11.8 Å². The number of halogens is 3. The van der Waals surface area contributed by atoms with Crippen LogP contribution in [0.15, 0.2) is 59.8 Å². The molecular formula is C23H19F3N4OS. The molecule has 0 radical (unpaired) electrons. The standard InChI is InChI=1S/C23H19F3N4OS/c1-32-22-7-6-13(10-28-22)15-8-18-17(9-16(15)24)29-21-12-27-11-19(30(18)21)14-4-2-3-5-20(14)31-23(25)26/h2-10,19,23,27H,11-12H2,1H3. The van der Waals surface area contributed by atoms with Gasteiger partial charge in [0.2, 0.25) is 0 Å². The van der Waals surface area contributed by atoms with Gasteiger partial charge in [-0.15, -0.1) is 11.8 Å². The molecule has 32 heavy (non-hydrogen) atoms. The van der Waals surface area contributed by atoms with Crippen LogP contribution in [-0.2, 0) is 6.54 Å². The lowest BCUT2D eigenvalue weighted by Gasteiger charge is -2.28. The molecule has 1 N–H and O–H groups in total. The number of rotatable bonds is 5. The minimum atomic E-state index is -2.93. The molecule has 0 aliphatic carbocycles. The summed E-state index contributed by atoms with van der Waals surface area (Å²) in [5.74, 6) is 0.427. The molecule has 0 saturated carbocycles. The predicted molar refractivity (Wildman–Crippen MR) is 118 cm³/mol. The minimum absolute atomic E-state index is 0.114. The summed E-state index contributed by atoms with van der Waals surface area (Å²) in [5.41, 5.74) is 2.91. The highest BCUT2D eigenvalue weighted by Gasteiger charge is 2.28. The molecule has 0 fully saturated rings. The summed E-state index contributed by atoms with van der Waals surface area (Å²) < 4.78 is 47.7. The van der Waals surface area contributed by atoms with Crippen molar-refractivity contribution in [2.24, 2.45) is 0 Å². The summed E-state index contributed by atoms with van der Waals surface area (Å²) in [4.78, 5) is 8.94. The second-order valence-electron chi connectivity index (χ2n) is 7.37. The minimum Gasteiger partial charge on any atom is -0.434 e. The third-order valence-electron chi connectivity index (χ3n) is 5.53. The first-order chi connectivity index (χ1) is 15.5. The Balaban J connectivity index is 1.66. The molecular weight excluding hydrogens is 437 g/mol. The number of pyridine rings is 1. The number of benzene rings is 2. The van der Waals surface area contributed by atoms with Gasteiger partial charge in [-0.25, -0.2) is 14.4 Å². The molecule has 1 aliphatic rings. The number of imidazole rings is 1. The van der Waals surface area contributed by atoms with Crippen molar-refractivity contribution in [2.75, 3.05) is 12.8 Å². The van der Waals surface area contributed by atoms with E-state index in [1.807, 2.05) is 23.0 Å².